The van der Waals surface area contributed by atoms with Gasteiger partial charge in [-0.1, -0.05) is 51.7 Å². The summed E-state index contributed by atoms with van der Waals surface area (Å²) in [5, 5.41) is 0. The predicted molar refractivity (Wildman–Crippen MR) is 118 cm³/mol. The van der Waals surface area contributed by atoms with Gasteiger partial charge in [-0.25, -0.2) is 4.79 Å². The normalized spacial score (nSPS) is 10.8. The van der Waals surface area contributed by atoms with E-state index in [0.29, 0.717) is 12.4 Å². The van der Waals surface area contributed by atoms with Crippen LogP contribution in [-0.2, 0) is 4.79 Å². The topological polar surface area (TPSA) is 44.8 Å². The van der Waals surface area contributed by atoms with Crippen molar-refractivity contribution in [2.45, 2.75) is 52.4 Å². The van der Waals surface area contributed by atoms with Crippen molar-refractivity contribution < 1.29 is 19.0 Å². The molecule has 0 amide bonds. The van der Waals surface area contributed by atoms with E-state index >= 15 is 0 Å². The number of hydrogen-bond acceptors (Lipinski definition) is 4. The molecule has 0 saturated carbocycles. The number of esters is 1. The van der Waals surface area contributed by atoms with Gasteiger partial charge in [0.05, 0.1) is 13.2 Å². The van der Waals surface area contributed by atoms with Crippen LogP contribution in [0.5, 0.6) is 17.2 Å². The van der Waals surface area contributed by atoms with E-state index in [1.54, 1.807) is 18.2 Å². The van der Waals surface area contributed by atoms with Crippen molar-refractivity contribution in [3.05, 3.63) is 60.2 Å². The molecular formula is C25H32O4. The summed E-state index contributed by atoms with van der Waals surface area (Å²) in [5.41, 5.74) is 0.915. The van der Waals surface area contributed by atoms with Crippen molar-refractivity contribution in [2.24, 2.45) is 0 Å². The third-order valence-corrected chi connectivity index (χ3v) is 4.37. The molecule has 0 bridgehead atoms. The molecule has 0 atom stereocenters. The van der Waals surface area contributed by atoms with Crippen LogP contribution in [0.1, 0.15) is 57.9 Å². The maximum absolute atomic E-state index is 12.0. The molecule has 156 valence electrons. The Labute approximate surface area is 174 Å². The summed E-state index contributed by atoms with van der Waals surface area (Å²) in [6.07, 6.45) is 9.96. The zero-order valence-electron chi connectivity index (χ0n) is 17.6. The molecule has 4 nitrogen and oxygen atoms in total. The highest BCUT2D eigenvalue weighted by atomic mass is 16.5. The summed E-state index contributed by atoms with van der Waals surface area (Å²) in [5.74, 6) is 1.71. The molecule has 0 radical (unpaired) electrons. The van der Waals surface area contributed by atoms with Crippen LogP contribution in [0.3, 0.4) is 0 Å². The first-order chi connectivity index (χ1) is 14.2. The third kappa shape index (κ3) is 9.33. The van der Waals surface area contributed by atoms with Gasteiger partial charge in [-0.3, -0.25) is 0 Å². The van der Waals surface area contributed by atoms with E-state index in [9.17, 15) is 4.79 Å². The molecule has 4 heteroatoms. The van der Waals surface area contributed by atoms with E-state index in [2.05, 4.69) is 13.8 Å². The van der Waals surface area contributed by atoms with Gasteiger partial charge in [0, 0.05) is 6.08 Å². The third-order valence-electron chi connectivity index (χ3n) is 4.37. The summed E-state index contributed by atoms with van der Waals surface area (Å²) in [4.78, 5) is 12.0. The van der Waals surface area contributed by atoms with Crippen LogP contribution < -0.4 is 14.2 Å². The van der Waals surface area contributed by atoms with Crippen LogP contribution in [0, 0.1) is 0 Å². The van der Waals surface area contributed by atoms with Crippen LogP contribution in [0.2, 0.25) is 0 Å². The summed E-state index contributed by atoms with van der Waals surface area (Å²) in [6, 6.07) is 14.8. The van der Waals surface area contributed by atoms with Crippen molar-refractivity contribution in [3.63, 3.8) is 0 Å². The van der Waals surface area contributed by atoms with Crippen LogP contribution in [0.15, 0.2) is 54.6 Å². The van der Waals surface area contributed by atoms with Crippen molar-refractivity contribution in [1.29, 1.82) is 0 Å². The Morgan fingerprint density at radius 2 is 1.21 bits per heavy atom. The number of carbonyl (C=O) groups is 1. The fourth-order valence-corrected chi connectivity index (χ4v) is 2.68. The molecule has 2 rings (SSSR count). The Balaban J connectivity index is 1.75. The van der Waals surface area contributed by atoms with Crippen molar-refractivity contribution in [1.82, 2.24) is 0 Å². The molecular weight excluding hydrogens is 364 g/mol. The molecule has 0 spiro atoms. The maximum Gasteiger partial charge on any atom is 0.336 e. The van der Waals surface area contributed by atoms with Gasteiger partial charge in [-0.15, -0.1) is 0 Å². The molecule has 0 aromatic heterocycles. The van der Waals surface area contributed by atoms with E-state index in [1.165, 1.54) is 25.3 Å². The summed E-state index contributed by atoms with van der Waals surface area (Å²) in [6.45, 7) is 5.78. The van der Waals surface area contributed by atoms with E-state index in [4.69, 9.17) is 14.2 Å². The van der Waals surface area contributed by atoms with Crippen molar-refractivity contribution >= 4 is 12.0 Å². The van der Waals surface area contributed by atoms with Gasteiger partial charge in [0.25, 0.3) is 0 Å². The van der Waals surface area contributed by atoms with Crippen LogP contribution >= 0.6 is 0 Å². The number of carbonyl (C=O) groups excluding carboxylic acids is 1. The van der Waals surface area contributed by atoms with Gasteiger partial charge >= 0.3 is 5.97 Å². The molecule has 0 aliphatic heterocycles. The molecule has 2 aromatic rings. The quantitative estimate of drug-likeness (QED) is 0.169. The van der Waals surface area contributed by atoms with Gasteiger partial charge in [-0.2, -0.15) is 0 Å². The van der Waals surface area contributed by atoms with Crippen LogP contribution in [0.25, 0.3) is 6.08 Å². The van der Waals surface area contributed by atoms with E-state index < -0.39 is 5.97 Å². The first-order valence-corrected chi connectivity index (χ1v) is 10.6. The lowest BCUT2D eigenvalue weighted by atomic mass is 10.2. The Hall–Kier alpha value is -2.75. The first kappa shape index (κ1) is 22.5. The van der Waals surface area contributed by atoms with Crippen molar-refractivity contribution in [3.8, 4) is 17.2 Å². The first-order valence-electron chi connectivity index (χ1n) is 10.6. The fourth-order valence-electron chi connectivity index (χ4n) is 2.68. The Morgan fingerprint density at radius 3 is 1.72 bits per heavy atom. The Bertz CT molecular complexity index is 732. The second kappa shape index (κ2) is 13.4. The summed E-state index contributed by atoms with van der Waals surface area (Å²) < 4.78 is 16.7. The van der Waals surface area contributed by atoms with E-state index in [1.807, 2.05) is 36.4 Å². The molecule has 0 aliphatic rings. The number of unbranched alkanes of at least 4 members (excludes halogenated alkanes) is 4. The zero-order valence-corrected chi connectivity index (χ0v) is 17.6. The zero-order chi connectivity index (χ0) is 20.7. The number of ether oxygens (including phenoxy) is 3. The van der Waals surface area contributed by atoms with Gasteiger partial charge in [-0.05, 0) is 60.9 Å². The lowest BCUT2D eigenvalue weighted by Crippen LogP contribution is -2.03. The number of benzene rings is 2. The monoisotopic (exact) mass is 396 g/mol. The van der Waals surface area contributed by atoms with Gasteiger partial charge in [0.2, 0.25) is 0 Å². The molecule has 0 N–H and O–H groups in total. The van der Waals surface area contributed by atoms with Crippen LogP contribution in [0.4, 0.5) is 0 Å². The molecule has 2 aromatic carbocycles. The van der Waals surface area contributed by atoms with Crippen LogP contribution in [-0.4, -0.2) is 19.2 Å². The minimum Gasteiger partial charge on any atom is -0.494 e. The highest BCUT2D eigenvalue weighted by molar-refractivity contribution is 5.88. The highest BCUT2D eigenvalue weighted by Gasteiger charge is 2.02. The van der Waals surface area contributed by atoms with Gasteiger partial charge in [0.1, 0.15) is 17.2 Å². The minimum absolute atomic E-state index is 0.415. The van der Waals surface area contributed by atoms with Gasteiger partial charge < -0.3 is 14.2 Å². The summed E-state index contributed by atoms with van der Waals surface area (Å²) in [7, 11) is 0. The minimum atomic E-state index is -0.415. The second-order valence-corrected chi connectivity index (χ2v) is 6.91. The summed E-state index contributed by atoms with van der Waals surface area (Å²) >= 11 is 0. The van der Waals surface area contributed by atoms with E-state index in [0.717, 1.165) is 42.9 Å². The molecule has 0 heterocycles. The largest absolute Gasteiger partial charge is 0.494 e. The van der Waals surface area contributed by atoms with Gasteiger partial charge in [0.15, 0.2) is 0 Å². The predicted octanol–water partition coefficient (Wildman–Crippen LogP) is 6.44. The van der Waals surface area contributed by atoms with E-state index in [-0.39, 0.29) is 0 Å². The lowest BCUT2D eigenvalue weighted by Gasteiger charge is -2.07. The number of rotatable bonds is 13. The smallest absolute Gasteiger partial charge is 0.336 e. The average Bonchev–Trinajstić information content (AvgIpc) is 2.75. The molecule has 0 saturated heterocycles. The Kier molecular flexibility index (Phi) is 10.4. The number of hydrogen-bond donors (Lipinski definition) is 0. The fraction of sp³-hybridized carbons (Fsp3) is 0.400. The average molecular weight is 397 g/mol. The highest BCUT2D eigenvalue weighted by Crippen LogP contribution is 2.19. The molecule has 0 fully saturated rings. The maximum atomic E-state index is 12.0. The Morgan fingerprint density at radius 1 is 0.724 bits per heavy atom. The van der Waals surface area contributed by atoms with Crippen molar-refractivity contribution in [2.75, 3.05) is 13.2 Å². The standard InChI is InChI=1S/C25H32O4/c1-3-5-7-19-27-22-12-9-21(10-13-22)11-18-25(26)29-24-16-14-23(15-17-24)28-20-8-6-4-2/h9-18H,3-8,19-20H2,1-2H3. The molecule has 0 unspecified atom stereocenters. The SMILES string of the molecule is CCCCCOc1ccc(C=CC(=O)Oc2ccc(OCCCCC)cc2)cc1. The molecule has 0 aliphatic carbocycles. The second-order valence-electron chi connectivity index (χ2n) is 6.91. The molecule has 29 heavy (non-hydrogen) atoms. The lowest BCUT2D eigenvalue weighted by molar-refractivity contribution is -0.128.